The molecule has 24 heavy (non-hydrogen) atoms. The Hall–Kier alpha value is -2.04. The summed E-state index contributed by atoms with van der Waals surface area (Å²) in [6.07, 6.45) is 1.53. The fourth-order valence-corrected chi connectivity index (χ4v) is 2.85. The Morgan fingerprint density at radius 3 is 2.83 bits per heavy atom. The Kier molecular flexibility index (Phi) is 6.64. The van der Waals surface area contributed by atoms with E-state index in [1.165, 1.54) is 6.08 Å². The van der Waals surface area contributed by atoms with Crippen molar-refractivity contribution in [1.82, 2.24) is 0 Å². The van der Waals surface area contributed by atoms with Crippen LogP contribution < -0.4 is 10.1 Å². The second-order valence-corrected chi connectivity index (χ2v) is 6.47. The number of carbonyl (C=O) groups excluding carboxylic acids is 1. The molecule has 0 aromatic heterocycles. The summed E-state index contributed by atoms with van der Waals surface area (Å²) in [5, 5.41) is 12.5. The summed E-state index contributed by atoms with van der Waals surface area (Å²) in [5.41, 5.74) is 1.26. The van der Waals surface area contributed by atoms with E-state index in [1.54, 1.807) is 30.3 Å². The molecular weight excluding hydrogens is 439 g/mol. The number of hydrogen-bond acceptors (Lipinski definition) is 3. The van der Waals surface area contributed by atoms with Gasteiger partial charge in [0.25, 0.3) is 5.91 Å². The smallest absolute Gasteiger partial charge is 0.266 e. The van der Waals surface area contributed by atoms with Crippen LogP contribution in [0.4, 0.5) is 5.69 Å². The van der Waals surface area contributed by atoms with Crippen LogP contribution in [-0.2, 0) is 4.79 Å². The number of carbonyl (C=O) groups is 1. The zero-order valence-corrected chi connectivity index (χ0v) is 15.8. The molecule has 0 aliphatic rings. The highest BCUT2D eigenvalue weighted by Crippen LogP contribution is 2.21. The molecule has 4 nitrogen and oxygen atoms in total. The summed E-state index contributed by atoms with van der Waals surface area (Å²) in [6.45, 7) is 2.44. The SMILES string of the molecule is CCOc1cc(I)cc(/C=C(\C#N)C(=O)Nc2cccc(Cl)c2)c1. The minimum absolute atomic E-state index is 0.000533. The molecule has 0 radical (unpaired) electrons. The molecule has 1 amide bonds. The topological polar surface area (TPSA) is 62.1 Å². The first-order chi connectivity index (χ1) is 11.5. The molecule has 0 atom stereocenters. The summed E-state index contributed by atoms with van der Waals surface area (Å²) < 4.78 is 6.44. The van der Waals surface area contributed by atoms with E-state index in [4.69, 9.17) is 16.3 Å². The van der Waals surface area contributed by atoms with Crippen molar-refractivity contribution in [3.8, 4) is 11.8 Å². The molecule has 0 saturated carbocycles. The van der Waals surface area contributed by atoms with E-state index < -0.39 is 5.91 Å². The lowest BCUT2D eigenvalue weighted by Crippen LogP contribution is -2.13. The number of amides is 1. The van der Waals surface area contributed by atoms with Crippen LogP contribution in [0.15, 0.2) is 48.0 Å². The van der Waals surface area contributed by atoms with Crippen LogP contribution in [0.2, 0.25) is 5.02 Å². The standard InChI is InChI=1S/C18H14ClIN2O2/c1-2-24-17-8-12(7-15(20)10-17)6-13(11-21)18(23)22-16-5-3-4-14(19)9-16/h3-10H,2H2,1H3,(H,22,23)/b13-6+. The van der Waals surface area contributed by atoms with Gasteiger partial charge in [-0.3, -0.25) is 4.79 Å². The second kappa shape index (κ2) is 8.71. The van der Waals surface area contributed by atoms with Crippen molar-refractivity contribution in [2.24, 2.45) is 0 Å². The van der Waals surface area contributed by atoms with Gasteiger partial charge < -0.3 is 10.1 Å². The normalized spacial score (nSPS) is 10.8. The predicted molar refractivity (Wildman–Crippen MR) is 104 cm³/mol. The third-order valence-electron chi connectivity index (χ3n) is 2.96. The zero-order chi connectivity index (χ0) is 17.5. The highest BCUT2D eigenvalue weighted by atomic mass is 127. The van der Waals surface area contributed by atoms with E-state index in [0.29, 0.717) is 23.1 Å². The molecule has 122 valence electrons. The first-order valence-corrected chi connectivity index (χ1v) is 8.59. The number of halogens is 2. The minimum atomic E-state index is -0.489. The molecule has 0 saturated heterocycles. The maximum absolute atomic E-state index is 12.3. The van der Waals surface area contributed by atoms with Gasteiger partial charge in [-0.2, -0.15) is 5.26 Å². The number of hydrogen-bond donors (Lipinski definition) is 1. The van der Waals surface area contributed by atoms with Crippen molar-refractivity contribution >= 4 is 51.9 Å². The molecule has 6 heteroatoms. The van der Waals surface area contributed by atoms with Crippen molar-refractivity contribution in [2.75, 3.05) is 11.9 Å². The first kappa shape index (κ1) is 18.3. The van der Waals surface area contributed by atoms with Crippen LogP contribution in [0, 0.1) is 14.9 Å². The van der Waals surface area contributed by atoms with Gasteiger partial charge in [0.05, 0.1) is 6.61 Å². The first-order valence-electron chi connectivity index (χ1n) is 7.14. The molecule has 2 rings (SSSR count). The Morgan fingerprint density at radius 1 is 1.38 bits per heavy atom. The quantitative estimate of drug-likeness (QED) is 0.399. The number of benzene rings is 2. The van der Waals surface area contributed by atoms with Gasteiger partial charge in [0.2, 0.25) is 0 Å². The summed E-state index contributed by atoms with van der Waals surface area (Å²) in [4.78, 5) is 12.3. The minimum Gasteiger partial charge on any atom is -0.494 e. The van der Waals surface area contributed by atoms with Crippen LogP contribution in [0.5, 0.6) is 5.75 Å². The zero-order valence-electron chi connectivity index (χ0n) is 12.8. The lowest BCUT2D eigenvalue weighted by atomic mass is 10.1. The second-order valence-electron chi connectivity index (χ2n) is 4.79. The Bertz CT molecular complexity index is 828. The summed E-state index contributed by atoms with van der Waals surface area (Å²) in [6, 6.07) is 14.2. The molecule has 0 unspecified atom stereocenters. The molecule has 0 aliphatic carbocycles. The van der Waals surface area contributed by atoms with Crippen molar-refractivity contribution in [3.63, 3.8) is 0 Å². The van der Waals surface area contributed by atoms with Crippen LogP contribution in [-0.4, -0.2) is 12.5 Å². The number of nitriles is 1. The highest BCUT2D eigenvalue weighted by Gasteiger charge is 2.10. The average Bonchev–Trinajstić information content (AvgIpc) is 2.52. The van der Waals surface area contributed by atoms with Gasteiger partial charge in [-0.05, 0) is 77.6 Å². The Morgan fingerprint density at radius 2 is 2.17 bits per heavy atom. The summed E-state index contributed by atoms with van der Waals surface area (Å²) >= 11 is 8.05. The third-order valence-corrected chi connectivity index (χ3v) is 3.82. The maximum Gasteiger partial charge on any atom is 0.266 e. The van der Waals surface area contributed by atoms with Crippen molar-refractivity contribution in [2.45, 2.75) is 6.92 Å². The molecule has 0 heterocycles. The van der Waals surface area contributed by atoms with Gasteiger partial charge in [-0.15, -0.1) is 0 Å². The van der Waals surface area contributed by atoms with Gasteiger partial charge in [-0.25, -0.2) is 0 Å². The molecule has 2 aromatic carbocycles. The van der Waals surface area contributed by atoms with E-state index in [1.807, 2.05) is 25.1 Å². The van der Waals surface area contributed by atoms with Crippen LogP contribution in [0.25, 0.3) is 6.08 Å². The number of ether oxygens (including phenoxy) is 1. The van der Waals surface area contributed by atoms with E-state index in [0.717, 1.165) is 9.13 Å². The molecular formula is C18H14ClIN2O2. The number of anilines is 1. The molecule has 1 N–H and O–H groups in total. The fraction of sp³-hybridized carbons (Fsp3) is 0.111. The lowest BCUT2D eigenvalue weighted by molar-refractivity contribution is -0.112. The molecule has 0 aliphatic heterocycles. The van der Waals surface area contributed by atoms with Crippen LogP contribution in [0.1, 0.15) is 12.5 Å². The van der Waals surface area contributed by atoms with Crippen molar-refractivity contribution in [3.05, 3.63) is 62.2 Å². The van der Waals surface area contributed by atoms with Gasteiger partial charge in [0.1, 0.15) is 17.4 Å². The molecule has 0 fully saturated rings. The Labute approximate surface area is 159 Å². The van der Waals surface area contributed by atoms with Crippen molar-refractivity contribution in [1.29, 1.82) is 5.26 Å². The molecule has 0 spiro atoms. The number of nitrogens with zero attached hydrogens (tertiary/aromatic N) is 1. The number of nitrogens with one attached hydrogen (secondary N) is 1. The summed E-state index contributed by atoms with van der Waals surface area (Å²) in [5.74, 6) is 0.208. The van der Waals surface area contributed by atoms with Crippen LogP contribution in [0.3, 0.4) is 0 Å². The monoisotopic (exact) mass is 452 g/mol. The van der Waals surface area contributed by atoms with E-state index in [-0.39, 0.29) is 5.57 Å². The van der Waals surface area contributed by atoms with E-state index in [9.17, 15) is 10.1 Å². The maximum atomic E-state index is 12.3. The van der Waals surface area contributed by atoms with Gasteiger partial charge in [0.15, 0.2) is 0 Å². The molecule has 2 aromatic rings. The van der Waals surface area contributed by atoms with Crippen LogP contribution >= 0.6 is 34.2 Å². The average molecular weight is 453 g/mol. The largest absolute Gasteiger partial charge is 0.494 e. The summed E-state index contributed by atoms with van der Waals surface area (Å²) in [7, 11) is 0. The highest BCUT2D eigenvalue weighted by molar-refractivity contribution is 14.1. The van der Waals surface area contributed by atoms with E-state index >= 15 is 0 Å². The fourth-order valence-electron chi connectivity index (χ4n) is 2.00. The van der Waals surface area contributed by atoms with Gasteiger partial charge in [-0.1, -0.05) is 17.7 Å². The van der Waals surface area contributed by atoms with Gasteiger partial charge in [0, 0.05) is 14.3 Å². The van der Waals surface area contributed by atoms with Crippen molar-refractivity contribution < 1.29 is 9.53 Å². The lowest BCUT2D eigenvalue weighted by Gasteiger charge is -2.07. The third kappa shape index (κ3) is 5.25. The predicted octanol–water partition coefficient (Wildman–Crippen LogP) is 4.89. The number of rotatable bonds is 5. The van der Waals surface area contributed by atoms with Gasteiger partial charge >= 0.3 is 0 Å². The Balaban J connectivity index is 2.25. The van der Waals surface area contributed by atoms with E-state index in [2.05, 4.69) is 27.9 Å². The molecule has 0 bridgehead atoms.